The Hall–Kier alpha value is -2.47. The van der Waals surface area contributed by atoms with E-state index in [1.165, 1.54) is 22.3 Å². The zero-order valence-corrected chi connectivity index (χ0v) is 21.7. The molecule has 35 heavy (non-hydrogen) atoms. The Balaban J connectivity index is 1.50. The predicted molar refractivity (Wildman–Crippen MR) is 141 cm³/mol. The summed E-state index contributed by atoms with van der Waals surface area (Å²) in [6.07, 6.45) is 3.07. The molecule has 2 aromatic carbocycles. The van der Waals surface area contributed by atoms with Crippen molar-refractivity contribution in [3.8, 4) is 0 Å². The highest BCUT2D eigenvalue weighted by Crippen LogP contribution is 2.33. The number of nitrogens with zero attached hydrogens (tertiary/aromatic N) is 1. The summed E-state index contributed by atoms with van der Waals surface area (Å²) in [5.41, 5.74) is 8.22. The largest absolute Gasteiger partial charge is 0.384 e. The minimum absolute atomic E-state index is 0.190. The second-order valence-corrected chi connectivity index (χ2v) is 10.2. The van der Waals surface area contributed by atoms with E-state index >= 15 is 0 Å². The van der Waals surface area contributed by atoms with E-state index in [9.17, 15) is 4.79 Å². The topological polar surface area (TPSA) is 50.8 Å². The van der Waals surface area contributed by atoms with E-state index < -0.39 is 0 Å². The van der Waals surface area contributed by atoms with E-state index in [2.05, 4.69) is 73.5 Å². The smallest absolute Gasteiger partial charge is 0.251 e. The molecule has 0 bridgehead atoms. The lowest BCUT2D eigenvalue weighted by Gasteiger charge is -2.29. The zero-order chi connectivity index (χ0) is 24.8. The van der Waals surface area contributed by atoms with E-state index in [4.69, 9.17) is 9.47 Å². The number of nitrogens with one attached hydrogen (secondary N) is 1. The molecule has 5 heteroatoms. The summed E-state index contributed by atoms with van der Waals surface area (Å²) in [5, 5.41) is 3.44. The second kappa shape index (κ2) is 12.0. The van der Waals surface area contributed by atoms with Crippen LogP contribution in [0.4, 0.5) is 0 Å². The van der Waals surface area contributed by atoms with Gasteiger partial charge in [-0.1, -0.05) is 49.4 Å². The number of aryl methyl sites for hydroxylation is 1. The molecular weight excluding hydrogens is 436 g/mol. The van der Waals surface area contributed by atoms with Crippen molar-refractivity contribution in [3.63, 3.8) is 0 Å². The SMILES string of the molecule is COC[C@H](C)COCc1ccc(C2=C(C(=O)N(Cc3cccc(C)c3C)C3CC3)CNCC2)cc1. The van der Waals surface area contributed by atoms with Crippen LogP contribution in [0.1, 0.15) is 54.0 Å². The summed E-state index contributed by atoms with van der Waals surface area (Å²) < 4.78 is 11.0. The standard InChI is InChI=1S/C30H40N2O3/c1-21(18-34-4)19-35-20-24-8-10-25(11-9-24)28-14-15-31-16-29(28)30(33)32(27-12-13-27)17-26-7-5-6-22(2)23(26)3/h5-11,21,27,31H,12-20H2,1-4H3/t21-/m0/s1. The number of hydrogen-bond acceptors (Lipinski definition) is 4. The van der Waals surface area contributed by atoms with Crippen LogP contribution in [0.25, 0.3) is 5.57 Å². The molecule has 1 N–H and O–H groups in total. The average molecular weight is 477 g/mol. The van der Waals surface area contributed by atoms with Crippen LogP contribution < -0.4 is 5.32 Å². The summed E-state index contributed by atoms with van der Waals surface area (Å²) in [5.74, 6) is 0.570. The Bertz CT molecular complexity index is 1040. The summed E-state index contributed by atoms with van der Waals surface area (Å²) in [4.78, 5) is 16.0. The van der Waals surface area contributed by atoms with E-state index in [-0.39, 0.29) is 5.91 Å². The van der Waals surface area contributed by atoms with Gasteiger partial charge in [-0.15, -0.1) is 0 Å². The van der Waals surface area contributed by atoms with E-state index in [1.54, 1.807) is 7.11 Å². The van der Waals surface area contributed by atoms with Crippen molar-refractivity contribution in [2.45, 2.75) is 59.2 Å². The van der Waals surface area contributed by atoms with Gasteiger partial charge in [-0.3, -0.25) is 4.79 Å². The maximum atomic E-state index is 13.9. The minimum Gasteiger partial charge on any atom is -0.384 e. The molecule has 188 valence electrons. The predicted octanol–water partition coefficient (Wildman–Crippen LogP) is 5.04. The highest BCUT2D eigenvalue weighted by Gasteiger charge is 2.35. The zero-order valence-electron chi connectivity index (χ0n) is 21.7. The first kappa shape index (κ1) is 25.6. The third kappa shape index (κ3) is 6.60. The Labute approximate surface area is 210 Å². The molecular formula is C30H40N2O3. The highest BCUT2D eigenvalue weighted by atomic mass is 16.5. The number of amides is 1. The average Bonchev–Trinajstić information content (AvgIpc) is 3.71. The number of carbonyl (C=O) groups excluding carboxylic acids is 1. The molecule has 1 aliphatic carbocycles. The monoisotopic (exact) mass is 476 g/mol. The van der Waals surface area contributed by atoms with Gasteiger partial charge in [0.1, 0.15) is 0 Å². The van der Waals surface area contributed by atoms with Crippen LogP contribution >= 0.6 is 0 Å². The second-order valence-electron chi connectivity index (χ2n) is 10.2. The van der Waals surface area contributed by atoms with Crippen LogP contribution in [-0.2, 0) is 27.4 Å². The molecule has 1 heterocycles. The molecule has 1 atom stereocenters. The molecule has 4 rings (SSSR count). The maximum absolute atomic E-state index is 13.9. The molecule has 0 spiro atoms. The third-order valence-corrected chi connectivity index (χ3v) is 7.21. The molecule has 2 aliphatic rings. The van der Waals surface area contributed by atoms with Crippen LogP contribution in [0.5, 0.6) is 0 Å². The van der Waals surface area contributed by atoms with Gasteiger partial charge >= 0.3 is 0 Å². The van der Waals surface area contributed by atoms with E-state index in [0.717, 1.165) is 42.5 Å². The molecule has 0 radical (unpaired) electrons. The molecule has 1 saturated carbocycles. The van der Waals surface area contributed by atoms with Gasteiger partial charge in [-0.05, 0) is 73.0 Å². The quantitative estimate of drug-likeness (QED) is 0.494. The van der Waals surface area contributed by atoms with E-state index in [0.29, 0.717) is 44.9 Å². The van der Waals surface area contributed by atoms with Crippen LogP contribution in [0.15, 0.2) is 48.0 Å². The van der Waals surface area contributed by atoms with Gasteiger partial charge < -0.3 is 19.7 Å². The molecule has 0 unspecified atom stereocenters. The fourth-order valence-corrected chi connectivity index (χ4v) is 4.81. The summed E-state index contributed by atoms with van der Waals surface area (Å²) in [6, 6.07) is 15.3. The Kier molecular flexibility index (Phi) is 8.77. The van der Waals surface area contributed by atoms with Gasteiger partial charge in [0.25, 0.3) is 5.91 Å². The van der Waals surface area contributed by atoms with Crippen LogP contribution in [0.3, 0.4) is 0 Å². The van der Waals surface area contributed by atoms with Crippen LogP contribution in [0, 0.1) is 19.8 Å². The van der Waals surface area contributed by atoms with Crippen molar-refractivity contribution in [2.24, 2.45) is 5.92 Å². The Morgan fingerprint density at radius 2 is 1.89 bits per heavy atom. The summed E-state index contributed by atoms with van der Waals surface area (Å²) in [7, 11) is 1.72. The third-order valence-electron chi connectivity index (χ3n) is 7.21. The maximum Gasteiger partial charge on any atom is 0.251 e. The van der Waals surface area contributed by atoms with Crippen molar-refractivity contribution >= 4 is 11.5 Å². The van der Waals surface area contributed by atoms with Crippen molar-refractivity contribution in [1.82, 2.24) is 10.2 Å². The lowest BCUT2D eigenvalue weighted by molar-refractivity contribution is -0.128. The minimum atomic E-state index is 0.190. The van der Waals surface area contributed by atoms with Gasteiger partial charge in [-0.2, -0.15) is 0 Å². The molecule has 2 aromatic rings. The first-order chi connectivity index (χ1) is 17.0. The first-order valence-corrected chi connectivity index (χ1v) is 12.9. The van der Waals surface area contributed by atoms with Crippen LogP contribution in [0.2, 0.25) is 0 Å². The van der Waals surface area contributed by atoms with Gasteiger partial charge in [0.2, 0.25) is 0 Å². The molecule has 1 fully saturated rings. The van der Waals surface area contributed by atoms with Gasteiger partial charge in [-0.25, -0.2) is 0 Å². The molecule has 1 amide bonds. The van der Waals surface area contributed by atoms with Crippen molar-refractivity contribution < 1.29 is 14.3 Å². The number of methoxy groups -OCH3 is 1. The summed E-state index contributed by atoms with van der Waals surface area (Å²) >= 11 is 0. The fourth-order valence-electron chi connectivity index (χ4n) is 4.81. The molecule has 1 aliphatic heterocycles. The lowest BCUT2D eigenvalue weighted by atomic mass is 9.92. The Morgan fingerprint density at radius 3 is 2.60 bits per heavy atom. The number of ether oxygens (including phenoxy) is 2. The number of hydrogen-bond donors (Lipinski definition) is 1. The van der Waals surface area contributed by atoms with E-state index in [1.807, 2.05) is 0 Å². The molecule has 0 saturated heterocycles. The molecule has 5 nitrogen and oxygen atoms in total. The lowest BCUT2D eigenvalue weighted by Crippen LogP contribution is -2.39. The van der Waals surface area contributed by atoms with Crippen molar-refractivity contribution in [2.75, 3.05) is 33.4 Å². The normalized spacial score (nSPS) is 16.9. The number of carbonyl (C=O) groups is 1. The fraction of sp³-hybridized carbons (Fsp3) is 0.500. The molecule has 0 aromatic heterocycles. The van der Waals surface area contributed by atoms with Crippen molar-refractivity contribution in [1.29, 1.82) is 0 Å². The summed E-state index contributed by atoms with van der Waals surface area (Å²) in [6.45, 7) is 10.6. The Morgan fingerprint density at radius 1 is 1.11 bits per heavy atom. The number of benzene rings is 2. The van der Waals surface area contributed by atoms with Crippen molar-refractivity contribution in [3.05, 3.63) is 75.9 Å². The van der Waals surface area contributed by atoms with Crippen LogP contribution in [-0.4, -0.2) is 50.3 Å². The van der Waals surface area contributed by atoms with Gasteiger partial charge in [0.05, 0.1) is 19.8 Å². The highest BCUT2D eigenvalue weighted by molar-refractivity contribution is 6.02. The van der Waals surface area contributed by atoms with Gasteiger partial charge in [0, 0.05) is 37.7 Å². The van der Waals surface area contributed by atoms with Gasteiger partial charge in [0.15, 0.2) is 0 Å². The first-order valence-electron chi connectivity index (χ1n) is 12.9. The number of rotatable bonds is 11.